The minimum absolute atomic E-state index is 1.03. The van der Waals surface area contributed by atoms with E-state index in [1.165, 1.54) is 17.7 Å². The molecule has 1 saturated carbocycles. The van der Waals surface area contributed by atoms with Crippen LogP contribution in [0.2, 0.25) is 0 Å². The molecule has 0 radical (unpaired) electrons. The maximum atomic E-state index is 2.56. The van der Waals surface area contributed by atoms with Crippen LogP contribution in [-0.4, -0.2) is 17.7 Å². The molecule has 0 unspecified atom stereocenters. The summed E-state index contributed by atoms with van der Waals surface area (Å²) in [5, 5.41) is 0. The summed E-state index contributed by atoms with van der Waals surface area (Å²) in [5.41, 5.74) is 0. The molecular formula is C8H12I4. The molecular weight excluding hydrogens is 604 g/mol. The lowest BCUT2D eigenvalue weighted by Gasteiger charge is -2.50. The number of halogens is 4. The standard InChI is InChI=1S/C8H12I4/c9-1-5-6(2-10)8(4-12)7(5)3-11/h5-8H,1-4H2. The molecule has 1 fully saturated rings. The highest BCUT2D eigenvalue weighted by atomic mass is 127. The van der Waals surface area contributed by atoms with E-state index in [1.807, 2.05) is 0 Å². The van der Waals surface area contributed by atoms with Crippen molar-refractivity contribution in [2.45, 2.75) is 0 Å². The van der Waals surface area contributed by atoms with Crippen molar-refractivity contribution in [1.29, 1.82) is 0 Å². The zero-order chi connectivity index (χ0) is 9.14. The molecule has 12 heavy (non-hydrogen) atoms. The summed E-state index contributed by atoms with van der Waals surface area (Å²) in [6, 6.07) is 0. The first kappa shape index (κ1) is 13.0. The summed E-state index contributed by atoms with van der Waals surface area (Å²) in [7, 11) is 0. The van der Waals surface area contributed by atoms with Crippen molar-refractivity contribution < 1.29 is 0 Å². The average Bonchev–Trinajstić information content (AvgIpc) is 2.05. The van der Waals surface area contributed by atoms with E-state index in [0.717, 1.165) is 23.7 Å². The van der Waals surface area contributed by atoms with Crippen LogP contribution in [0, 0.1) is 23.7 Å². The molecule has 0 nitrogen and oxygen atoms in total. The third kappa shape index (κ3) is 2.53. The molecule has 0 heterocycles. The molecule has 0 spiro atoms. The molecule has 0 saturated heterocycles. The van der Waals surface area contributed by atoms with E-state index in [-0.39, 0.29) is 0 Å². The van der Waals surface area contributed by atoms with Crippen LogP contribution < -0.4 is 0 Å². The Balaban J connectivity index is 2.52. The Hall–Kier alpha value is 2.92. The van der Waals surface area contributed by atoms with Gasteiger partial charge in [0.15, 0.2) is 0 Å². The maximum absolute atomic E-state index is 2.56. The Morgan fingerprint density at radius 1 is 0.500 bits per heavy atom. The van der Waals surface area contributed by atoms with Crippen LogP contribution in [0.15, 0.2) is 0 Å². The molecule has 4 heteroatoms. The first-order valence-corrected chi connectivity index (χ1v) is 10.1. The monoisotopic (exact) mass is 616 g/mol. The third-order valence-corrected chi connectivity index (χ3v) is 6.98. The van der Waals surface area contributed by atoms with E-state index in [0.29, 0.717) is 0 Å². The number of rotatable bonds is 4. The molecule has 0 aromatic rings. The molecule has 1 aliphatic rings. The second-order valence-corrected chi connectivity index (χ2v) is 6.80. The molecule has 1 rings (SSSR count). The van der Waals surface area contributed by atoms with E-state index >= 15 is 0 Å². The SMILES string of the molecule is ICC1C(CI)C(CI)C1CI. The van der Waals surface area contributed by atoms with Gasteiger partial charge in [-0.1, -0.05) is 90.4 Å². The van der Waals surface area contributed by atoms with Crippen molar-refractivity contribution in [2.24, 2.45) is 23.7 Å². The predicted octanol–water partition coefficient (Wildman–Crippen LogP) is 4.20. The Morgan fingerprint density at radius 3 is 0.750 bits per heavy atom. The summed E-state index contributed by atoms with van der Waals surface area (Å²) < 4.78 is 5.47. The van der Waals surface area contributed by atoms with Crippen LogP contribution in [0.25, 0.3) is 0 Å². The summed E-state index contributed by atoms with van der Waals surface area (Å²) >= 11 is 10.2. The molecule has 0 amide bonds. The van der Waals surface area contributed by atoms with Gasteiger partial charge in [-0.3, -0.25) is 0 Å². The lowest BCUT2D eigenvalue weighted by Crippen LogP contribution is -2.50. The van der Waals surface area contributed by atoms with Gasteiger partial charge >= 0.3 is 0 Å². The van der Waals surface area contributed by atoms with Crippen LogP contribution in [-0.2, 0) is 0 Å². The highest BCUT2D eigenvalue weighted by Crippen LogP contribution is 2.49. The second-order valence-electron chi connectivity index (χ2n) is 3.27. The Morgan fingerprint density at radius 2 is 0.667 bits per heavy atom. The summed E-state index contributed by atoms with van der Waals surface area (Å²) in [4.78, 5) is 0. The van der Waals surface area contributed by atoms with Crippen molar-refractivity contribution in [3.63, 3.8) is 0 Å². The van der Waals surface area contributed by atoms with Crippen LogP contribution in [0.3, 0.4) is 0 Å². The van der Waals surface area contributed by atoms with Crippen LogP contribution in [0.5, 0.6) is 0 Å². The van der Waals surface area contributed by atoms with Gasteiger partial charge in [-0.05, 0) is 23.7 Å². The highest BCUT2D eigenvalue weighted by Gasteiger charge is 2.47. The lowest BCUT2D eigenvalue weighted by molar-refractivity contribution is 0.0540. The van der Waals surface area contributed by atoms with Crippen molar-refractivity contribution >= 4 is 90.4 Å². The van der Waals surface area contributed by atoms with Crippen LogP contribution in [0.4, 0.5) is 0 Å². The fourth-order valence-electron chi connectivity index (χ4n) is 2.04. The first-order chi connectivity index (χ1) is 5.79. The molecule has 0 atom stereocenters. The van der Waals surface area contributed by atoms with E-state index in [9.17, 15) is 0 Å². The minimum Gasteiger partial charge on any atom is -0.0861 e. The number of alkyl halides is 4. The normalized spacial score (nSPS) is 41.0. The Labute approximate surface area is 129 Å². The van der Waals surface area contributed by atoms with Crippen molar-refractivity contribution in [1.82, 2.24) is 0 Å². The van der Waals surface area contributed by atoms with E-state index < -0.39 is 0 Å². The summed E-state index contributed by atoms with van der Waals surface area (Å²) in [6.07, 6.45) is 0. The zero-order valence-corrected chi connectivity index (χ0v) is 15.3. The van der Waals surface area contributed by atoms with E-state index in [4.69, 9.17) is 0 Å². The van der Waals surface area contributed by atoms with Crippen molar-refractivity contribution in [3.8, 4) is 0 Å². The van der Waals surface area contributed by atoms with Gasteiger partial charge in [0.2, 0.25) is 0 Å². The van der Waals surface area contributed by atoms with Gasteiger partial charge in [0, 0.05) is 17.7 Å². The fourth-order valence-corrected chi connectivity index (χ4v) is 7.27. The molecule has 0 aromatic carbocycles. The van der Waals surface area contributed by atoms with Crippen LogP contribution in [0.1, 0.15) is 0 Å². The molecule has 0 bridgehead atoms. The van der Waals surface area contributed by atoms with Gasteiger partial charge in [-0.25, -0.2) is 0 Å². The minimum atomic E-state index is 1.03. The molecule has 72 valence electrons. The second kappa shape index (κ2) is 6.49. The predicted molar refractivity (Wildman–Crippen MR) is 89.5 cm³/mol. The highest BCUT2D eigenvalue weighted by molar-refractivity contribution is 14.1. The largest absolute Gasteiger partial charge is 0.0861 e. The number of hydrogen-bond donors (Lipinski definition) is 0. The van der Waals surface area contributed by atoms with Gasteiger partial charge in [-0.15, -0.1) is 0 Å². The molecule has 0 N–H and O–H groups in total. The third-order valence-electron chi connectivity index (χ3n) is 2.91. The molecule has 1 aliphatic carbocycles. The fraction of sp³-hybridized carbons (Fsp3) is 1.00. The van der Waals surface area contributed by atoms with E-state index in [1.54, 1.807) is 0 Å². The number of hydrogen-bond acceptors (Lipinski definition) is 0. The molecule has 0 aliphatic heterocycles. The van der Waals surface area contributed by atoms with Crippen molar-refractivity contribution in [2.75, 3.05) is 17.7 Å². The topological polar surface area (TPSA) is 0 Å². The van der Waals surface area contributed by atoms with E-state index in [2.05, 4.69) is 90.4 Å². The van der Waals surface area contributed by atoms with Crippen LogP contribution >= 0.6 is 90.4 Å². The smallest absolute Gasteiger partial charge is 0.00297 e. The van der Waals surface area contributed by atoms with Gasteiger partial charge in [-0.2, -0.15) is 0 Å². The Bertz CT molecular complexity index is 99.0. The molecule has 0 aromatic heterocycles. The first-order valence-electron chi connectivity index (χ1n) is 4.04. The average molecular weight is 616 g/mol. The Kier molecular flexibility index (Phi) is 7.03. The van der Waals surface area contributed by atoms with Gasteiger partial charge in [0.25, 0.3) is 0 Å². The maximum Gasteiger partial charge on any atom is 0.00297 e. The van der Waals surface area contributed by atoms with Crippen molar-refractivity contribution in [3.05, 3.63) is 0 Å². The summed E-state index contributed by atoms with van der Waals surface area (Å²) in [6.45, 7) is 0. The summed E-state index contributed by atoms with van der Waals surface area (Å²) in [5.74, 6) is 4.11. The van der Waals surface area contributed by atoms with Gasteiger partial charge in [0.1, 0.15) is 0 Å². The lowest BCUT2D eigenvalue weighted by atomic mass is 9.60. The zero-order valence-electron chi connectivity index (χ0n) is 6.65. The quantitative estimate of drug-likeness (QED) is 0.329. The van der Waals surface area contributed by atoms with Gasteiger partial charge in [0.05, 0.1) is 0 Å². The van der Waals surface area contributed by atoms with Gasteiger partial charge < -0.3 is 0 Å².